The summed E-state index contributed by atoms with van der Waals surface area (Å²) in [6.07, 6.45) is 1.15. The molecule has 5 atom stereocenters. The van der Waals surface area contributed by atoms with Crippen molar-refractivity contribution < 1.29 is 41.4 Å². The van der Waals surface area contributed by atoms with Gasteiger partial charge in [0, 0.05) is 53.1 Å². The van der Waals surface area contributed by atoms with E-state index in [9.17, 15) is 13.8 Å². The lowest BCUT2D eigenvalue weighted by atomic mass is 9.80. The second kappa shape index (κ2) is 27.1. The Balaban J connectivity index is 1.11. The fraction of sp³-hybridized carbons (Fsp3) is 0.349. The molecule has 80 heavy (non-hydrogen) atoms. The monoisotopic (exact) mass is 1140 g/mol. The minimum Gasteiger partial charge on any atom is -0.497 e. The number of hydrogen-bond donors (Lipinski definition) is 1. The molecule has 422 valence electrons. The van der Waals surface area contributed by atoms with Crippen molar-refractivity contribution in [2.75, 3.05) is 44.8 Å². The predicted octanol–water partition coefficient (Wildman–Crippen LogP) is 11.0. The molecule has 8 rings (SSSR count). The number of methoxy groups -OCH3 is 2. The predicted molar refractivity (Wildman–Crippen MR) is 321 cm³/mol. The third kappa shape index (κ3) is 13.6. The van der Waals surface area contributed by atoms with Crippen LogP contribution < -0.4 is 30.9 Å². The van der Waals surface area contributed by atoms with Gasteiger partial charge < -0.3 is 37.7 Å². The van der Waals surface area contributed by atoms with Gasteiger partial charge in [0.2, 0.25) is 0 Å². The fourth-order valence-corrected chi connectivity index (χ4v) is 17.3. The third-order valence-corrected chi connectivity index (χ3v) is 22.2. The van der Waals surface area contributed by atoms with Crippen LogP contribution in [-0.4, -0.2) is 96.4 Å². The van der Waals surface area contributed by atoms with Crippen LogP contribution in [0.2, 0.25) is 5.04 Å². The van der Waals surface area contributed by atoms with E-state index in [-0.39, 0.29) is 49.2 Å². The molecule has 0 bridgehead atoms. The number of carbonyl (C=O) groups excluding carboxylic acids is 1. The summed E-state index contributed by atoms with van der Waals surface area (Å²) in [4.78, 5) is 33.1. The number of aromatic nitrogens is 2. The highest BCUT2D eigenvalue weighted by molar-refractivity contribution is 7.84. The average Bonchev–Trinajstić information content (AvgIpc) is 3.99. The Morgan fingerprint density at radius 2 is 1.29 bits per heavy atom. The second-order valence-electron chi connectivity index (χ2n) is 21.3. The molecule has 17 heteroatoms. The molecule has 1 N–H and O–H groups in total. The molecule has 2 unspecified atom stereocenters. The SMILES string of the molecule is COc1ccc(C(OC[C@H]2O[C@@H](n3ccc(NC(=O)c4ccccc4CO[Si](c4ccccc4)(c4ccccc4)C(C)(C)C)nc3=O)C[C@@H]2OP(OCCS(C)=O)N(C(C)C)C(C)C)(c2ccccc2)c2ccc(OC)cc2)cc1. The summed E-state index contributed by atoms with van der Waals surface area (Å²) in [5, 5.41) is 4.88. The molecule has 14 nitrogen and oxygen atoms in total. The van der Waals surface area contributed by atoms with Crippen molar-refractivity contribution in [1.29, 1.82) is 0 Å². The number of nitrogens with zero attached hydrogens (tertiary/aromatic N) is 3. The average molecular weight is 1140 g/mol. The Morgan fingerprint density at radius 3 is 1.80 bits per heavy atom. The highest BCUT2D eigenvalue weighted by Crippen LogP contribution is 2.51. The maximum atomic E-state index is 14.3. The van der Waals surface area contributed by atoms with Crippen LogP contribution >= 0.6 is 8.53 Å². The van der Waals surface area contributed by atoms with E-state index < -0.39 is 63.3 Å². The number of benzene rings is 6. The first-order valence-corrected chi connectivity index (χ1v) is 31.8. The van der Waals surface area contributed by atoms with Crippen LogP contribution in [0.15, 0.2) is 181 Å². The van der Waals surface area contributed by atoms with E-state index in [4.69, 9.17) is 32.4 Å². The van der Waals surface area contributed by atoms with Crippen molar-refractivity contribution in [3.8, 4) is 11.5 Å². The van der Waals surface area contributed by atoms with Crippen molar-refractivity contribution >= 4 is 49.7 Å². The molecule has 0 spiro atoms. The minimum absolute atomic E-state index is 0.00483. The van der Waals surface area contributed by atoms with Crippen LogP contribution in [0.1, 0.15) is 93.7 Å². The molecule has 1 aliphatic heterocycles. The fourth-order valence-electron chi connectivity index (χ4n) is 10.6. The molecule has 0 aliphatic carbocycles. The van der Waals surface area contributed by atoms with Gasteiger partial charge in [0.25, 0.3) is 22.8 Å². The van der Waals surface area contributed by atoms with Gasteiger partial charge in [-0.2, -0.15) is 4.98 Å². The summed E-state index contributed by atoms with van der Waals surface area (Å²) >= 11 is 0. The first kappa shape index (κ1) is 59.9. The van der Waals surface area contributed by atoms with Gasteiger partial charge >= 0.3 is 5.69 Å². The molecule has 2 heterocycles. The maximum absolute atomic E-state index is 14.3. The van der Waals surface area contributed by atoms with Gasteiger partial charge in [0.15, 0.2) is 0 Å². The Morgan fingerprint density at radius 1 is 0.762 bits per heavy atom. The molecule has 1 saturated heterocycles. The molecule has 1 fully saturated rings. The number of hydrogen-bond acceptors (Lipinski definition) is 12. The Labute approximate surface area is 476 Å². The number of amides is 1. The maximum Gasteiger partial charge on any atom is 0.351 e. The van der Waals surface area contributed by atoms with Crippen molar-refractivity contribution in [3.05, 3.63) is 214 Å². The summed E-state index contributed by atoms with van der Waals surface area (Å²) in [6.45, 7) is 15.4. The van der Waals surface area contributed by atoms with Crippen LogP contribution in [0.4, 0.5) is 5.82 Å². The Bertz CT molecular complexity index is 3090. The molecule has 0 radical (unpaired) electrons. The van der Waals surface area contributed by atoms with Crippen molar-refractivity contribution in [3.63, 3.8) is 0 Å². The zero-order valence-electron chi connectivity index (χ0n) is 47.4. The Kier molecular flexibility index (Phi) is 20.3. The van der Waals surface area contributed by atoms with Crippen molar-refractivity contribution in [1.82, 2.24) is 14.2 Å². The van der Waals surface area contributed by atoms with Crippen LogP contribution in [-0.2, 0) is 46.0 Å². The molecule has 6 aromatic carbocycles. The highest BCUT2D eigenvalue weighted by Gasteiger charge is 2.50. The van der Waals surface area contributed by atoms with E-state index in [1.54, 1.807) is 38.8 Å². The van der Waals surface area contributed by atoms with E-state index in [0.717, 1.165) is 27.1 Å². The van der Waals surface area contributed by atoms with Crippen LogP contribution in [0.5, 0.6) is 11.5 Å². The lowest BCUT2D eigenvalue weighted by molar-refractivity contribution is -0.0925. The standard InChI is InChI=1S/C63H75N4O10PSSi/c1-45(2)67(46(3)4)78(74-40-41-79(10)70)77-56-42-59(76-57(56)44-73-63(48-23-14-11-15-24-48,49-30-34-51(71-8)35-31-49)50-32-36-52(72-9)37-33-50)66-39-38-58(65-61(66)69)64-60(68)55-29-21-20-22-47(55)43-75-80(62(5,6)7,53-25-16-12-17-26-53)54-27-18-13-19-28-54/h11-39,45-46,56-57,59H,40-44H2,1-10H3,(H,64,65,68,69)/t56-,57+,59+,78?,79?/m0/s1. The molecule has 1 aliphatic rings. The number of ether oxygens (including phenoxy) is 4. The van der Waals surface area contributed by atoms with Crippen LogP contribution in [0.3, 0.4) is 0 Å². The van der Waals surface area contributed by atoms with Crippen LogP contribution in [0, 0.1) is 0 Å². The van der Waals surface area contributed by atoms with Gasteiger partial charge in [-0.1, -0.05) is 154 Å². The van der Waals surface area contributed by atoms with Crippen molar-refractivity contribution in [2.24, 2.45) is 0 Å². The van der Waals surface area contributed by atoms with Gasteiger partial charge in [-0.15, -0.1) is 0 Å². The minimum atomic E-state index is -2.95. The summed E-state index contributed by atoms with van der Waals surface area (Å²) in [6, 6.07) is 55.3. The van der Waals surface area contributed by atoms with Crippen LogP contribution in [0.25, 0.3) is 0 Å². The zero-order chi connectivity index (χ0) is 57.0. The number of nitrogens with one attached hydrogen (secondary N) is 1. The van der Waals surface area contributed by atoms with Gasteiger partial charge in [0.1, 0.15) is 35.2 Å². The largest absolute Gasteiger partial charge is 0.497 e. The molecule has 0 saturated carbocycles. The molecular weight excluding hydrogens is 1060 g/mol. The molecular formula is C63H75N4O10PSSi. The van der Waals surface area contributed by atoms with E-state index in [0.29, 0.717) is 28.4 Å². The second-order valence-corrected chi connectivity index (χ2v) is 28.6. The molecule has 1 aromatic heterocycles. The summed E-state index contributed by atoms with van der Waals surface area (Å²) in [5.41, 5.74) is 1.79. The van der Waals surface area contributed by atoms with Gasteiger partial charge in [-0.25, -0.2) is 9.46 Å². The summed E-state index contributed by atoms with van der Waals surface area (Å²) in [5.74, 6) is 1.34. The van der Waals surface area contributed by atoms with E-state index in [2.05, 4.69) is 87.7 Å². The molecule has 1 amide bonds. The first-order valence-electron chi connectivity index (χ1n) is 27.0. The molecule has 7 aromatic rings. The normalized spacial score (nSPS) is 16.7. The third-order valence-electron chi connectivity index (χ3n) is 14.4. The van der Waals surface area contributed by atoms with Crippen molar-refractivity contribution in [2.45, 2.75) is 103 Å². The summed E-state index contributed by atoms with van der Waals surface area (Å²) < 4.78 is 62.3. The number of rotatable bonds is 25. The van der Waals surface area contributed by atoms with E-state index in [1.165, 1.54) is 4.57 Å². The number of carbonyl (C=O) groups is 1. The van der Waals surface area contributed by atoms with Gasteiger partial charge in [0.05, 0.1) is 40.1 Å². The first-order chi connectivity index (χ1) is 38.5. The summed E-state index contributed by atoms with van der Waals surface area (Å²) in [7, 11) is -2.53. The Hall–Kier alpha value is -6.17. The topological polar surface area (TPSA) is 149 Å². The van der Waals surface area contributed by atoms with E-state index >= 15 is 0 Å². The quantitative estimate of drug-likeness (QED) is 0.0330. The van der Waals surface area contributed by atoms with Gasteiger partial charge in [-0.05, 0) is 102 Å². The van der Waals surface area contributed by atoms with Gasteiger partial charge in [-0.3, -0.25) is 13.6 Å². The van der Waals surface area contributed by atoms with E-state index in [1.807, 2.05) is 133 Å². The zero-order valence-corrected chi connectivity index (χ0v) is 50.2. The number of anilines is 1. The lowest BCUT2D eigenvalue weighted by Gasteiger charge is -2.43. The lowest BCUT2D eigenvalue weighted by Crippen LogP contribution is -2.66. The smallest absolute Gasteiger partial charge is 0.351 e. The highest BCUT2D eigenvalue weighted by atomic mass is 32.2.